The molecule has 0 N–H and O–H groups in total. The zero-order valence-corrected chi connectivity index (χ0v) is 12.1. The summed E-state index contributed by atoms with van der Waals surface area (Å²) in [6.45, 7) is 0.186. The number of ether oxygens (including phenoxy) is 1. The monoisotopic (exact) mass is 349 g/mol. The van der Waals surface area contributed by atoms with Gasteiger partial charge in [0.15, 0.2) is 0 Å². The van der Waals surface area contributed by atoms with Crippen molar-refractivity contribution in [1.29, 1.82) is 0 Å². The van der Waals surface area contributed by atoms with Crippen molar-refractivity contribution in [3.05, 3.63) is 56.5 Å². The van der Waals surface area contributed by atoms with Gasteiger partial charge in [0.25, 0.3) is 0 Å². The van der Waals surface area contributed by atoms with E-state index in [0.29, 0.717) is 20.9 Å². The first-order valence-electron chi connectivity index (χ1n) is 4.95. The van der Waals surface area contributed by atoms with Crippen molar-refractivity contribution >= 4 is 39.1 Å². The summed E-state index contributed by atoms with van der Waals surface area (Å²) in [4.78, 5) is 3.89. The molecule has 18 heavy (non-hydrogen) atoms. The van der Waals surface area contributed by atoms with Crippen LogP contribution in [0.3, 0.4) is 0 Å². The molecule has 0 bridgehead atoms. The zero-order chi connectivity index (χ0) is 13.1. The Kier molecular flexibility index (Phi) is 4.43. The lowest BCUT2D eigenvalue weighted by Gasteiger charge is -2.09. The predicted octanol–water partition coefficient (Wildman–Crippen LogP) is 4.87. The molecule has 94 valence electrons. The smallest absolute Gasteiger partial charge is 0.137 e. The van der Waals surface area contributed by atoms with Crippen molar-refractivity contribution < 1.29 is 9.13 Å². The summed E-state index contributed by atoms with van der Waals surface area (Å²) in [5.41, 5.74) is 0.678. The van der Waals surface area contributed by atoms with Gasteiger partial charge in [-0.25, -0.2) is 9.37 Å². The maximum Gasteiger partial charge on any atom is 0.137 e. The second-order valence-electron chi connectivity index (χ2n) is 3.45. The van der Waals surface area contributed by atoms with E-state index < -0.39 is 0 Å². The topological polar surface area (TPSA) is 22.1 Å². The van der Waals surface area contributed by atoms with Crippen LogP contribution in [0.4, 0.5) is 4.39 Å². The highest BCUT2D eigenvalue weighted by molar-refractivity contribution is 9.10. The van der Waals surface area contributed by atoms with Crippen LogP contribution >= 0.6 is 39.1 Å². The van der Waals surface area contributed by atoms with E-state index in [-0.39, 0.29) is 17.6 Å². The van der Waals surface area contributed by atoms with Crippen molar-refractivity contribution in [2.45, 2.75) is 6.61 Å². The second-order valence-corrected chi connectivity index (χ2v) is 5.05. The molecule has 1 aromatic carbocycles. The van der Waals surface area contributed by atoms with Gasteiger partial charge >= 0.3 is 0 Å². The minimum atomic E-state index is -0.367. The van der Waals surface area contributed by atoms with Crippen LogP contribution in [0.25, 0.3) is 0 Å². The molecule has 0 spiro atoms. The quantitative estimate of drug-likeness (QED) is 0.737. The molecule has 0 saturated heterocycles. The molecule has 0 unspecified atom stereocenters. The van der Waals surface area contributed by atoms with Gasteiger partial charge in [0, 0.05) is 11.6 Å². The average Bonchev–Trinajstić information content (AvgIpc) is 2.32. The maximum absolute atomic E-state index is 13.0. The molecule has 0 fully saturated rings. The van der Waals surface area contributed by atoms with Gasteiger partial charge in [-0.3, -0.25) is 0 Å². The Morgan fingerprint density at radius 2 is 2.00 bits per heavy atom. The van der Waals surface area contributed by atoms with Crippen LogP contribution in [-0.4, -0.2) is 4.98 Å². The minimum absolute atomic E-state index is 0.186. The van der Waals surface area contributed by atoms with Gasteiger partial charge in [0.05, 0.1) is 4.47 Å². The molecular weight excluding hydrogens is 344 g/mol. The highest BCUT2D eigenvalue weighted by Crippen LogP contribution is 2.27. The summed E-state index contributed by atoms with van der Waals surface area (Å²) in [5.74, 6) is 0.0366. The lowest BCUT2D eigenvalue weighted by atomic mass is 10.3. The van der Waals surface area contributed by atoms with Gasteiger partial charge < -0.3 is 4.74 Å². The third kappa shape index (κ3) is 3.34. The van der Waals surface area contributed by atoms with Crippen LogP contribution < -0.4 is 4.74 Å². The number of rotatable bonds is 3. The summed E-state index contributed by atoms with van der Waals surface area (Å²) in [6.07, 6.45) is 0. The molecule has 0 aliphatic rings. The van der Waals surface area contributed by atoms with E-state index in [9.17, 15) is 4.39 Å². The fourth-order valence-corrected chi connectivity index (χ4v) is 2.05. The van der Waals surface area contributed by atoms with Crippen molar-refractivity contribution in [2.75, 3.05) is 0 Å². The number of benzene rings is 1. The van der Waals surface area contributed by atoms with Crippen LogP contribution in [0.1, 0.15) is 5.56 Å². The third-order valence-corrected chi connectivity index (χ3v) is 3.36. The van der Waals surface area contributed by atoms with E-state index >= 15 is 0 Å². The first-order valence-corrected chi connectivity index (χ1v) is 6.50. The number of nitrogens with zero attached hydrogens (tertiary/aromatic N) is 1. The molecule has 2 rings (SSSR count). The molecule has 0 amide bonds. The molecule has 0 atom stereocenters. The molecule has 2 nitrogen and oxygen atoms in total. The fraction of sp³-hybridized carbons (Fsp3) is 0.0833. The summed E-state index contributed by atoms with van der Waals surface area (Å²) in [5, 5.41) is 0.589. The molecule has 0 aliphatic carbocycles. The van der Waals surface area contributed by atoms with Crippen molar-refractivity contribution in [1.82, 2.24) is 4.98 Å². The summed E-state index contributed by atoms with van der Waals surface area (Å²) >= 11 is 14.9. The Hall–Kier alpha value is -0.840. The zero-order valence-electron chi connectivity index (χ0n) is 8.96. The van der Waals surface area contributed by atoms with E-state index in [1.165, 1.54) is 12.1 Å². The number of aromatic nitrogens is 1. The Morgan fingerprint density at radius 3 is 2.72 bits per heavy atom. The molecule has 0 radical (unpaired) electrons. The van der Waals surface area contributed by atoms with Crippen LogP contribution in [0.2, 0.25) is 10.3 Å². The average molecular weight is 351 g/mol. The highest BCUT2D eigenvalue weighted by Gasteiger charge is 2.07. The molecule has 1 heterocycles. The predicted molar refractivity (Wildman–Crippen MR) is 72.7 cm³/mol. The second kappa shape index (κ2) is 5.87. The number of halogens is 4. The molecule has 0 aliphatic heterocycles. The molecule has 0 saturated carbocycles. The van der Waals surface area contributed by atoms with Crippen molar-refractivity contribution in [3.63, 3.8) is 0 Å². The normalized spacial score (nSPS) is 10.4. The Morgan fingerprint density at radius 1 is 1.22 bits per heavy atom. The van der Waals surface area contributed by atoms with Gasteiger partial charge in [-0.05, 0) is 40.2 Å². The lowest BCUT2D eigenvalue weighted by molar-refractivity contribution is 0.302. The Balaban J connectivity index is 2.13. The lowest BCUT2D eigenvalue weighted by Crippen LogP contribution is -1.98. The van der Waals surface area contributed by atoms with Crippen LogP contribution in [0, 0.1) is 5.82 Å². The Bertz CT molecular complexity index is 580. The van der Waals surface area contributed by atoms with E-state index in [1.807, 2.05) is 0 Å². The van der Waals surface area contributed by atoms with Crippen LogP contribution in [0.5, 0.6) is 5.75 Å². The van der Waals surface area contributed by atoms with E-state index in [0.717, 1.165) is 0 Å². The Labute approximate surface area is 122 Å². The van der Waals surface area contributed by atoms with Crippen LogP contribution in [0.15, 0.2) is 34.8 Å². The van der Waals surface area contributed by atoms with Crippen LogP contribution in [-0.2, 0) is 6.61 Å². The van der Waals surface area contributed by atoms with Gasteiger partial charge in [0.1, 0.15) is 28.5 Å². The third-order valence-electron chi connectivity index (χ3n) is 2.17. The number of hydrogen-bond acceptors (Lipinski definition) is 2. The van der Waals surface area contributed by atoms with Gasteiger partial charge in [-0.1, -0.05) is 23.2 Å². The number of hydrogen-bond donors (Lipinski definition) is 0. The number of pyridine rings is 1. The standard InChI is InChI=1S/C12H7BrCl2FNO/c13-9-3-2-8(16)5-10(9)18-6-7-1-4-11(14)17-12(7)15/h1-5H,6H2. The fourth-order valence-electron chi connectivity index (χ4n) is 1.29. The van der Waals surface area contributed by atoms with E-state index in [1.54, 1.807) is 18.2 Å². The highest BCUT2D eigenvalue weighted by atomic mass is 79.9. The van der Waals surface area contributed by atoms with Crippen molar-refractivity contribution in [3.8, 4) is 5.75 Å². The van der Waals surface area contributed by atoms with Gasteiger partial charge in [-0.2, -0.15) is 0 Å². The first kappa shape index (κ1) is 13.6. The van der Waals surface area contributed by atoms with Crippen molar-refractivity contribution in [2.24, 2.45) is 0 Å². The maximum atomic E-state index is 13.0. The largest absolute Gasteiger partial charge is 0.488 e. The molecule has 2 aromatic rings. The van der Waals surface area contributed by atoms with Gasteiger partial charge in [0.2, 0.25) is 0 Å². The first-order chi connectivity index (χ1) is 8.56. The summed E-state index contributed by atoms with van der Waals surface area (Å²) in [6, 6.07) is 7.54. The molecule has 6 heteroatoms. The van der Waals surface area contributed by atoms with Gasteiger partial charge in [-0.15, -0.1) is 0 Å². The minimum Gasteiger partial charge on any atom is -0.488 e. The van der Waals surface area contributed by atoms with E-state index in [2.05, 4.69) is 20.9 Å². The SMILES string of the molecule is Fc1ccc(Br)c(OCc2ccc(Cl)nc2Cl)c1. The van der Waals surface area contributed by atoms with E-state index in [4.69, 9.17) is 27.9 Å². The summed E-state index contributed by atoms with van der Waals surface area (Å²) in [7, 11) is 0. The molecular formula is C12H7BrCl2FNO. The molecule has 1 aromatic heterocycles. The summed E-state index contributed by atoms with van der Waals surface area (Å²) < 4.78 is 19.2.